The zero-order valence-electron chi connectivity index (χ0n) is 12.1. The molecule has 0 unspecified atom stereocenters. The van der Waals surface area contributed by atoms with Crippen LogP contribution in [0.15, 0.2) is 18.2 Å². The Hall–Kier alpha value is -1.02. The van der Waals surface area contributed by atoms with Crippen LogP contribution in [0.4, 0.5) is 5.69 Å². The van der Waals surface area contributed by atoms with Crippen molar-refractivity contribution >= 4 is 5.69 Å². The molecule has 0 radical (unpaired) electrons. The van der Waals surface area contributed by atoms with Crippen molar-refractivity contribution in [2.24, 2.45) is 0 Å². The highest BCUT2D eigenvalue weighted by atomic mass is 15.1. The van der Waals surface area contributed by atoms with Crippen molar-refractivity contribution in [3.8, 4) is 0 Å². The van der Waals surface area contributed by atoms with E-state index in [1.807, 2.05) is 0 Å². The van der Waals surface area contributed by atoms with Crippen LogP contribution in [-0.4, -0.2) is 38.6 Å². The van der Waals surface area contributed by atoms with Crippen molar-refractivity contribution in [3.05, 3.63) is 29.3 Å². The van der Waals surface area contributed by atoms with E-state index in [-0.39, 0.29) is 0 Å². The summed E-state index contributed by atoms with van der Waals surface area (Å²) in [5.74, 6) is 0. The third-order valence-corrected chi connectivity index (χ3v) is 3.78. The normalized spacial score (nSPS) is 15.7. The number of rotatable bonds is 5. The molecule has 0 atom stereocenters. The van der Waals surface area contributed by atoms with Crippen LogP contribution >= 0.6 is 0 Å². The molecule has 100 valence electrons. The first kappa shape index (κ1) is 13.4. The maximum atomic E-state index is 2.53. The molecule has 0 saturated carbocycles. The van der Waals surface area contributed by atoms with Crippen molar-refractivity contribution in [2.75, 3.05) is 38.6 Å². The molecule has 2 nitrogen and oxygen atoms in total. The van der Waals surface area contributed by atoms with E-state index >= 15 is 0 Å². The van der Waals surface area contributed by atoms with Crippen molar-refractivity contribution < 1.29 is 0 Å². The smallest absolute Gasteiger partial charge is 0.0396 e. The number of anilines is 1. The summed E-state index contributed by atoms with van der Waals surface area (Å²) >= 11 is 0. The number of hydrogen-bond donors (Lipinski definition) is 0. The quantitative estimate of drug-likeness (QED) is 0.788. The predicted molar refractivity (Wildman–Crippen MR) is 79.5 cm³/mol. The van der Waals surface area contributed by atoms with Gasteiger partial charge in [0.1, 0.15) is 0 Å². The number of benzene rings is 1. The van der Waals surface area contributed by atoms with Gasteiger partial charge >= 0.3 is 0 Å². The van der Waals surface area contributed by atoms with Crippen LogP contribution in [0.3, 0.4) is 0 Å². The van der Waals surface area contributed by atoms with Gasteiger partial charge in [-0.25, -0.2) is 0 Å². The molecule has 1 aromatic carbocycles. The van der Waals surface area contributed by atoms with Crippen molar-refractivity contribution in [1.82, 2.24) is 4.90 Å². The van der Waals surface area contributed by atoms with Gasteiger partial charge in [0.2, 0.25) is 0 Å². The first-order valence-corrected chi connectivity index (χ1v) is 7.16. The summed E-state index contributed by atoms with van der Waals surface area (Å²) < 4.78 is 0. The average Bonchev–Trinajstić information content (AvgIpc) is 2.82. The van der Waals surface area contributed by atoms with E-state index in [1.54, 1.807) is 0 Å². The summed E-state index contributed by atoms with van der Waals surface area (Å²) in [5, 5.41) is 0. The molecule has 1 aliphatic rings. The van der Waals surface area contributed by atoms with Gasteiger partial charge in [-0.3, -0.25) is 0 Å². The van der Waals surface area contributed by atoms with Gasteiger partial charge < -0.3 is 9.80 Å². The van der Waals surface area contributed by atoms with Gasteiger partial charge in [-0.2, -0.15) is 0 Å². The highest BCUT2D eigenvalue weighted by molar-refractivity contribution is 5.55. The van der Waals surface area contributed by atoms with Crippen LogP contribution in [-0.2, 0) is 6.42 Å². The topological polar surface area (TPSA) is 6.48 Å². The third-order valence-electron chi connectivity index (χ3n) is 3.78. The summed E-state index contributed by atoms with van der Waals surface area (Å²) in [5.41, 5.74) is 4.38. The fourth-order valence-corrected chi connectivity index (χ4v) is 2.79. The van der Waals surface area contributed by atoms with Gasteiger partial charge in [0.05, 0.1) is 0 Å². The molecule has 1 aliphatic heterocycles. The maximum absolute atomic E-state index is 2.53. The standard InChI is InChI=1S/C16H26N2/c1-14-13-15(7-6-10-17(2)3)8-9-16(14)18-11-4-5-12-18/h8-9,13H,4-7,10-12H2,1-3H3. The highest BCUT2D eigenvalue weighted by Crippen LogP contribution is 2.25. The van der Waals surface area contributed by atoms with Gasteiger partial charge in [0.25, 0.3) is 0 Å². The third kappa shape index (κ3) is 3.49. The summed E-state index contributed by atoms with van der Waals surface area (Å²) in [6.45, 7) is 5.90. The molecule has 0 aromatic heterocycles. The van der Waals surface area contributed by atoms with E-state index in [0.717, 1.165) is 0 Å². The minimum absolute atomic E-state index is 1.17. The van der Waals surface area contributed by atoms with Crippen LogP contribution < -0.4 is 4.90 Å². The van der Waals surface area contributed by atoms with Gasteiger partial charge in [-0.1, -0.05) is 12.1 Å². The Morgan fingerprint density at radius 2 is 1.89 bits per heavy atom. The molecule has 1 aromatic rings. The molecule has 0 aliphatic carbocycles. The molecule has 2 rings (SSSR count). The minimum Gasteiger partial charge on any atom is -0.371 e. The first-order valence-electron chi connectivity index (χ1n) is 7.16. The van der Waals surface area contributed by atoms with Gasteiger partial charge in [0, 0.05) is 18.8 Å². The number of nitrogens with zero attached hydrogens (tertiary/aromatic N) is 2. The maximum Gasteiger partial charge on any atom is 0.0396 e. The van der Waals surface area contributed by atoms with Gasteiger partial charge in [-0.15, -0.1) is 0 Å². The van der Waals surface area contributed by atoms with E-state index < -0.39 is 0 Å². The zero-order valence-corrected chi connectivity index (χ0v) is 12.1. The lowest BCUT2D eigenvalue weighted by molar-refractivity contribution is 0.400. The zero-order chi connectivity index (χ0) is 13.0. The van der Waals surface area contributed by atoms with Crippen molar-refractivity contribution in [3.63, 3.8) is 0 Å². The Morgan fingerprint density at radius 1 is 1.17 bits per heavy atom. The van der Waals surface area contributed by atoms with Crippen LogP contribution in [0.1, 0.15) is 30.4 Å². The Morgan fingerprint density at radius 3 is 2.50 bits per heavy atom. The molecule has 1 heterocycles. The lowest BCUT2D eigenvalue weighted by Crippen LogP contribution is -2.18. The average molecular weight is 246 g/mol. The van der Waals surface area contributed by atoms with E-state index in [9.17, 15) is 0 Å². The van der Waals surface area contributed by atoms with E-state index in [2.05, 4.69) is 49.0 Å². The molecule has 0 spiro atoms. The van der Waals surface area contributed by atoms with E-state index in [1.165, 1.54) is 62.1 Å². The minimum atomic E-state index is 1.17. The molecule has 1 fully saturated rings. The monoisotopic (exact) mass is 246 g/mol. The second kappa shape index (κ2) is 6.24. The molecular weight excluding hydrogens is 220 g/mol. The van der Waals surface area contributed by atoms with E-state index in [4.69, 9.17) is 0 Å². The summed E-state index contributed by atoms with van der Waals surface area (Å²) in [6, 6.07) is 7.02. The molecule has 0 N–H and O–H groups in total. The molecule has 1 saturated heterocycles. The Labute approximate surface area is 112 Å². The van der Waals surface area contributed by atoms with Crippen LogP contribution in [0, 0.1) is 6.92 Å². The number of aryl methyl sites for hydroxylation is 2. The van der Waals surface area contributed by atoms with E-state index in [0.29, 0.717) is 0 Å². The second-order valence-electron chi connectivity index (χ2n) is 5.72. The summed E-state index contributed by atoms with van der Waals surface area (Å²) in [7, 11) is 4.28. The molecule has 0 bridgehead atoms. The highest BCUT2D eigenvalue weighted by Gasteiger charge is 2.14. The molecule has 2 heteroatoms. The number of hydrogen-bond acceptors (Lipinski definition) is 2. The Balaban J connectivity index is 1.96. The molecule has 0 amide bonds. The van der Waals surface area contributed by atoms with Crippen molar-refractivity contribution in [2.45, 2.75) is 32.6 Å². The molecule has 18 heavy (non-hydrogen) atoms. The van der Waals surface area contributed by atoms with Crippen LogP contribution in [0.2, 0.25) is 0 Å². The first-order chi connectivity index (χ1) is 8.66. The van der Waals surface area contributed by atoms with Crippen molar-refractivity contribution in [1.29, 1.82) is 0 Å². The molecular formula is C16H26N2. The fraction of sp³-hybridized carbons (Fsp3) is 0.625. The largest absolute Gasteiger partial charge is 0.371 e. The van der Waals surface area contributed by atoms with Crippen LogP contribution in [0.5, 0.6) is 0 Å². The van der Waals surface area contributed by atoms with Crippen LogP contribution in [0.25, 0.3) is 0 Å². The summed E-state index contributed by atoms with van der Waals surface area (Å²) in [4.78, 5) is 4.78. The lowest BCUT2D eigenvalue weighted by Gasteiger charge is -2.20. The van der Waals surface area contributed by atoms with Gasteiger partial charge in [0.15, 0.2) is 0 Å². The Bertz CT molecular complexity index is 379. The fourth-order valence-electron chi connectivity index (χ4n) is 2.79. The summed E-state index contributed by atoms with van der Waals surface area (Å²) in [6.07, 6.45) is 5.14. The Kier molecular flexibility index (Phi) is 4.65. The lowest BCUT2D eigenvalue weighted by atomic mass is 10.0. The SMILES string of the molecule is Cc1cc(CCCN(C)C)ccc1N1CCCC1. The second-order valence-corrected chi connectivity index (χ2v) is 5.72. The predicted octanol–water partition coefficient (Wildman–Crippen LogP) is 3.09. The van der Waals surface area contributed by atoms with Gasteiger partial charge in [-0.05, 0) is 70.4 Å².